The molecule has 4 nitrogen and oxygen atoms in total. The molecule has 1 unspecified atom stereocenters. The molecule has 0 aliphatic rings. The first kappa shape index (κ1) is 13.3. The van der Waals surface area contributed by atoms with Crippen LogP contribution in [0.2, 0.25) is 0 Å². The average Bonchev–Trinajstić information content (AvgIpc) is 2.34. The molecular weight excluding hydrogens is 216 g/mol. The number of rotatable bonds is 6. The first-order chi connectivity index (χ1) is 8.13. The molecule has 0 aromatic heterocycles. The molecule has 0 heterocycles. The zero-order valence-corrected chi connectivity index (χ0v) is 9.98. The molecule has 3 N–H and O–H groups in total. The lowest BCUT2D eigenvalue weighted by atomic mass is 10.1. The first-order valence-electron chi connectivity index (χ1n) is 5.49. The number of carbonyl (C=O) groups is 1. The maximum atomic E-state index is 11.2. The summed E-state index contributed by atoms with van der Waals surface area (Å²) in [5.41, 5.74) is 6.76. The predicted molar refractivity (Wildman–Crippen MR) is 67.7 cm³/mol. The van der Waals surface area contributed by atoms with Crippen LogP contribution in [0.15, 0.2) is 36.9 Å². The van der Waals surface area contributed by atoms with Crippen LogP contribution in [0, 0.1) is 0 Å². The molecule has 0 fully saturated rings. The summed E-state index contributed by atoms with van der Waals surface area (Å²) in [7, 11) is 0. The van der Waals surface area contributed by atoms with Crippen LogP contribution in [-0.4, -0.2) is 19.1 Å². The molecule has 0 saturated heterocycles. The minimum atomic E-state index is -0.166. The van der Waals surface area contributed by atoms with E-state index in [0.717, 1.165) is 5.56 Å². The van der Waals surface area contributed by atoms with E-state index in [9.17, 15) is 4.79 Å². The zero-order valence-electron chi connectivity index (χ0n) is 9.98. The van der Waals surface area contributed by atoms with Crippen molar-refractivity contribution in [3.8, 4) is 5.75 Å². The molecule has 4 heteroatoms. The second-order valence-electron chi connectivity index (χ2n) is 3.74. The van der Waals surface area contributed by atoms with Crippen LogP contribution >= 0.6 is 0 Å². The van der Waals surface area contributed by atoms with Crippen molar-refractivity contribution in [1.82, 2.24) is 5.32 Å². The summed E-state index contributed by atoms with van der Waals surface area (Å²) in [5, 5.41) is 2.63. The number of hydrogen-bond donors (Lipinski definition) is 2. The van der Waals surface area contributed by atoms with Gasteiger partial charge in [0.05, 0.1) is 0 Å². The number of hydrogen-bond acceptors (Lipinski definition) is 3. The highest BCUT2D eigenvalue weighted by molar-refractivity contribution is 5.77. The fourth-order valence-electron chi connectivity index (χ4n) is 1.25. The van der Waals surface area contributed by atoms with E-state index in [1.165, 1.54) is 0 Å². The van der Waals surface area contributed by atoms with Crippen molar-refractivity contribution in [2.75, 3.05) is 13.2 Å². The second-order valence-corrected chi connectivity index (χ2v) is 3.74. The Labute approximate surface area is 101 Å². The van der Waals surface area contributed by atoms with Crippen LogP contribution in [0.3, 0.4) is 0 Å². The van der Waals surface area contributed by atoms with Gasteiger partial charge in [0, 0.05) is 12.6 Å². The molecule has 0 aliphatic heterocycles. The van der Waals surface area contributed by atoms with E-state index in [1.54, 1.807) is 18.2 Å². The molecule has 1 aromatic carbocycles. The van der Waals surface area contributed by atoms with Crippen molar-refractivity contribution < 1.29 is 9.53 Å². The third kappa shape index (κ3) is 4.70. The van der Waals surface area contributed by atoms with Crippen molar-refractivity contribution in [2.45, 2.75) is 13.0 Å². The molecule has 17 heavy (non-hydrogen) atoms. The van der Waals surface area contributed by atoms with Gasteiger partial charge in [-0.1, -0.05) is 18.2 Å². The Bertz CT molecular complexity index is 372. The average molecular weight is 234 g/mol. The number of amides is 1. The van der Waals surface area contributed by atoms with Gasteiger partial charge in [-0.15, -0.1) is 6.58 Å². The van der Waals surface area contributed by atoms with Crippen LogP contribution in [0.25, 0.3) is 0 Å². The van der Waals surface area contributed by atoms with Gasteiger partial charge in [0.2, 0.25) is 0 Å². The Morgan fingerprint density at radius 2 is 2.18 bits per heavy atom. The number of ether oxygens (including phenoxy) is 1. The minimum absolute atomic E-state index is 0.0000555. The summed E-state index contributed by atoms with van der Waals surface area (Å²) < 4.78 is 5.31. The minimum Gasteiger partial charge on any atom is -0.484 e. The fourth-order valence-corrected chi connectivity index (χ4v) is 1.25. The summed E-state index contributed by atoms with van der Waals surface area (Å²) in [6.07, 6.45) is 1.62. The van der Waals surface area contributed by atoms with Crippen molar-refractivity contribution in [3.05, 3.63) is 42.5 Å². The van der Waals surface area contributed by atoms with E-state index < -0.39 is 0 Å². The van der Waals surface area contributed by atoms with Gasteiger partial charge < -0.3 is 15.8 Å². The smallest absolute Gasteiger partial charge is 0.258 e. The van der Waals surface area contributed by atoms with Gasteiger partial charge in [0.1, 0.15) is 5.75 Å². The number of nitrogens with one attached hydrogen (secondary N) is 1. The van der Waals surface area contributed by atoms with Crippen LogP contribution in [0.5, 0.6) is 5.75 Å². The fraction of sp³-hybridized carbons (Fsp3) is 0.308. The van der Waals surface area contributed by atoms with Gasteiger partial charge in [-0.3, -0.25) is 4.79 Å². The van der Waals surface area contributed by atoms with E-state index in [4.69, 9.17) is 10.5 Å². The molecule has 0 saturated carbocycles. The van der Waals surface area contributed by atoms with Gasteiger partial charge in [-0.05, 0) is 24.6 Å². The van der Waals surface area contributed by atoms with Crippen molar-refractivity contribution in [1.29, 1.82) is 0 Å². The van der Waals surface area contributed by atoms with E-state index in [2.05, 4.69) is 11.9 Å². The Hall–Kier alpha value is -1.81. The van der Waals surface area contributed by atoms with Crippen molar-refractivity contribution in [2.24, 2.45) is 5.73 Å². The monoisotopic (exact) mass is 234 g/mol. The van der Waals surface area contributed by atoms with Gasteiger partial charge >= 0.3 is 0 Å². The maximum Gasteiger partial charge on any atom is 0.258 e. The second kappa shape index (κ2) is 6.70. The molecule has 0 bridgehead atoms. The van der Waals surface area contributed by atoms with E-state index in [-0.39, 0.29) is 18.6 Å². The predicted octanol–water partition coefficient (Wildman–Crippen LogP) is 1.39. The Balaban J connectivity index is 2.41. The molecule has 92 valence electrons. The Morgan fingerprint density at radius 3 is 2.71 bits per heavy atom. The first-order valence-corrected chi connectivity index (χ1v) is 5.49. The molecule has 0 aliphatic carbocycles. The number of benzene rings is 1. The summed E-state index contributed by atoms with van der Waals surface area (Å²) >= 11 is 0. The highest BCUT2D eigenvalue weighted by atomic mass is 16.5. The molecule has 1 aromatic rings. The van der Waals surface area contributed by atoms with Crippen molar-refractivity contribution >= 4 is 5.91 Å². The summed E-state index contributed by atoms with van der Waals surface area (Å²) in [6.45, 7) is 5.88. The largest absolute Gasteiger partial charge is 0.484 e. The third-order valence-electron chi connectivity index (χ3n) is 2.22. The Kier molecular flexibility index (Phi) is 5.23. The zero-order chi connectivity index (χ0) is 12.7. The van der Waals surface area contributed by atoms with Crippen LogP contribution in [0.4, 0.5) is 0 Å². The molecule has 0 radical (unpaired) electrons. The van der Waals surface area contributed by atoms with Crippen molar-refractivity contribution in [3.63, 3.8) is 0 Å². The highest BCUT2D eigenvalue weighted by Crippen LogP contribution is 2.15. The quantitative estimate of drug-likeness (QED) is 0.731. The number of carbonyl (C=O) groups excluding carboxylic acids is 1. The normalized spacial score (nSPS) is 11.6. The summed E-state index contributed by atoms with van der Waals surface area (Å²) in [4.78, 5) is 11.2. The maximum absolute atomic E-state index is 11.2. The van der Waals surface area contributed by atoms with Crippen LogP contribution < -0.4 is 15.8 Å². The molecule has 1 atom stereocenters. The van der Waals surface area contributed by atoms with Crippen LogP contribution in [0.1, 0.15) is 18.5 Å². The lowest BCUT2D eigenvalue weighted by Gasteiger charge is -2.08. The van der Waals surface area contributed by atoms with Gasteiger partial charge in [-0.2, -0.15) is 0 Å². The topological polar surface area (TPSA) is 64.3 Å². The molecule has 1 rings (SSSR count). The lowest BCUT2D eigenvalue weighted by molar-refractivity contribution is -0.122. The van der Waals surface area contributed by atoms with Gasteiger partial charge in [0.25, 0.3) is 5.91 Å². The molecule has 0 spiro atoms. The van der Waals surface area contributed by atoms with E-state index in [0.29, 0.717) is 12.3 Å². The lowest BCUT2D eigenvalue weighted by Crippen LogP contribution is -2.28. The highest BCUT2D eigenvalue weighted by Gasteiger charge is 2.02. The van der Waals surface area contributed by atoms with Gasteiger partial charge in [0.15, 0.2) is 6.61 Å². The number of nitrogens with two attached hydrogens (primary N) is 1. The van der Waals surface area contributed by atoms with Crippen LogP contribution in [-0.2, 0) is 4.79 Å². The van der Waals surface area contributed by atoms with Gasteiger partial charge in [-0.25, -0.2) is 0 Å². The summed E-state index contributed by atoms with van der Waals surface area (Å²) in [6, 6.07) is 7.39. The molecular formula is C13H18N2O2. The summed E-state index contributed by atoms with van der Waals surface area (Å²) in [5.74, 6) is 0.490. The standard InChI is InChI=1S/C13H18N2O2/c1-3-8-15-13(16)9-17-12-6-4-11(5-7-12)10(2)14/h3-7,10H,1,8-9,14H2,2H3,(H,15,16). The third-order valence-corrected chi connectivity index (χ3v) is 2.22. The Morgan fingerprint density at radius 1 is 1.53 bits per heavy atom. The molecule has 1 amide bonds. The van der Waals surface area contributed by atoms with E-state index >= 15 is 0 Å². The SMILES string of the molecule is C=CCNC(=O)COc1ccc(C(C)N)cc1. The van der Waals surface area contributed by atoms with E-state index in [1.807, 2.05) is 19.1 Å².